The Morgan fingerprint density at radius 1 is 1.05 bits per heavy atom. The van der Waals surface area contributed by atoms with Crippen molar-refractivity contribution in [2.45, 2.75) is 44.9 Å². The third-order valence-corrected chi connectivity index (χ3v) is 5.85. The van der Waals surface area contributed by atoms with Gasteiger partial charge in [0.05, 0.1) is 0 Å². The Hall–Kier alpha value is -0.530. The monoisotopic (exact) mass is 291 g/mol. The number of nitrogens with one attached hydrogen (secondary N) is 1. The van der Waals surface area contributed by atoms with Crippen molar-refractivity contribution in [3.63, 3.8) is 0 Å². The van der Waals surface area contributed by atoms with Crippen LogP contribution in [-0.2, 0) is 0 Å². The summed E-state index contributed by atoms with van der Waals surface area (Å²) in [4.78, 5) is 0. The minimum absolute atomic E-state index is 0.607. The van der Waals surface area contributed by atoms with Crippen LogP contribution in [0.25, 0.3) is 0 Å². The summed E-state index contributed by atoms with van der Waals surface area (Å²) in [6.07, 6.45) is 7.00. The van der Waals surface area contributed by atoms with Crippen LogP contribution in [0.5, 0.6) is 0 Å². The van der Waals surface area contributed by atoms with Crippen molar-refractivity contribution < 1.29 is 0 Å². The van der Waals surface area contributed by atoms with Gasteiger partial charge in [0.1, 0.15) is 0 Å². The van der Waals surface area contributed by atoms with Gasteiger partial charge in [0.15, 0.2) is 0 Å². The average Bonchev–Trinajstić information content (AvgIpc) is 2.49. The van der Waals surface area contributed by atoms with E-state index < -0.39 is 0 Å². The van der Waals surface area contributed by atoms with Crippen molar-refractivity contribution in [3.8, 4) is 0 Å². The van der Waals surface area contributed by atoms with E-state index in [9.17, 15) is 0 Å². The number of rotatable bonds is 2. The quantitative estimate of drug-likeness (QED) is 0.820. The summed E-state index contributed by atoms with van der Waals surface area (Å²) >= 11 is 6.46. The summed E-state index contributed by atoms with van der Waals surface area (Å²) < 4.78 is 0. The smallest absolute Gasteiger partial charge is 0.0441 e. The lowest BCUT2D eigenvalue weighted by molar-refractivity contribution is 0.158. The Balaban J connectivity index is 1.79. The molecule has 2 aliphatic rings. The number of halogens is 1. The fourth-order valence-corrected chi connectivity index (χ4v) is 4.55. The van der Waals surface area contributed by atoms with Gasteiger partial charge in [0.2, 0.25) is 0 Å². The first-order chi connectivity index (χ1) is 9.75. The Morgan fingerprint density at radius 2 is 1.80 bits per heavy atom. The van der Waals surface area contributed by atoms with E-state index in [-0.39, 0.29) is 0 Å². The minimum Gasteiger partial charge on any atom is -0.316 e. The molecule has 0 radical (unpaired) electrons. The zero-order chi connectivity index (χ0) is 13.9. The standard InChI is InChI=1S/C18H26ClN/c1-13-6-8-14(9-7-13)15-10-11-20-12-17(15)16-4-2-3-5-18(16)19/h2-5,13-15,17,20H,6-12H2,1H3. The maximum absolute atomic E-state index is 6.46. The SMILES string of the molecule is CC1CCC(C2CCNCC2c2ccccc2Cl)CC1. The highest BCUT2D eigenvalue weighted by molar-refractivity contribution is 6.31. The Kier molecular flexibility index (Phi) is 4.68. The molecule has 0 amide bonds. The van der Waals surface area contributed by atoms with Gasteiger partial charge >= 0.3 is 0 Å². The zero-order valence-electron chi connectivity index (χ0n) is 12.4. The van der Waals surface area contributed by atoms with Crippen molar-refractivity contribution in [2.75, 3.05) is 13.1 Å². The number of piperidine rings is 1. The largest absolute Gasteiger partial charge is 0.316 e. The summed E-state index contributed by atoms with van der Waals surface area (Å²) in [6.45, 7) is 4.68. The third-order valence-electron chi connectivity index (χ3n) is 5.51. The summed E-state index contributed by atoms with van der Waals surface area (Å²) in [7, 11) is 0. The molecule has 1 N–H and O–H groups in total. The van der Waals surface area contributed by atoms with Gasteiger partial charge in [-0.05, 0) is 55.2 Å². The van der Waals surface area contributed by atoms with Gasteiger partial charge < -0.3 is 5.32 Å². The van der Waals surface area contributed by atoms with Crippen molar-refractivity contribution >= 4 is 11.6 Å². The average molecular weight is 292 g/mol. The van der Waals surface area contributed by atoms with Crippen LogP contribution < -0.4 is 5.32 Å². The lowest BCUT2D eigenvalue weighted by atomic mass is 9.68. The Labute approximate surface area is 128 Å². The van der Waals surface area contributed by atoms with E-state index in [0.717, 1.165) is 29.3 Å². The van der Waals surface area contributed by atoms with Gasteiger partial charge in [-0.15, -0.1) is 0 Å². The Bertz CT molecular complexity index is 437. The Morgan fingerprint density at radius 3 is 2.55 bits per heavy atom. The highest BCUT2D eigenvalue weighted by atomic mass is 35.5. The summed E-state index contributed by atoms with van der Waals surface area (Å²) in [5, 5.41) is 4.53. The molecule has 1 nitrogen and oxygen atoms in total. The maximum atomic E-state index is 6.46. The van der Waals surface area contributed by atoms with Crippen LogP contribution in [0.4, 0.5) is 0 Å². The molecule has 1 aromatic rings. The second-order valence-corrected chi connectivity index (χ2v) is 7.21. The maximum Gasteiger partial charge on any atom is 0.0441 e. The molecule has 1 saturated carbocycles. The molecule has 2 fully saturated rings. The van der Waals surface area contributed by atoms with Crippen LogP contribution in [0, 0.1) is 17.8 Å². The molecule has 1 aromatic carbocycles. The van der Waals surface area contributed by atoms with Crippen LogP contribution in [0.2, 0.25) is 5.02 Å². The van der Waals surface area contributed by atoms with E-state index in [2.05, 4.69) is 24.4 Å². The highest BCUT2D eigenvalue weighted by Gasteiger charge is 2.34. The first-order valence-electron chi connectivity index (χ1n) is 8.21. The predicted octanol–water partition coefficient (Wildman–Crippen LogP) is 4.86. The van der Waals surface area contributed by atoms with Crippen LogP contribution in [0.1, 0.15) is 50.5 Å². The van der Waals surface area contributed by atoms with Crippen LogP contribution in [0.15, 0.2) is 24.3 Å². The first-order valence-corrected chi connectivity index (χ1v) is 8.58. The van der Waals surface area contributed by atoms with E-state index in [1.807, 2.05) is 12.1 Å². The molecule has 2 atom stereocenters. The van der Waals surface area contributed by atoms with E-state index in [0.29, 0.717) is 5.92 Å². The topological polar surface area (TPSA) is 12.0 Å². The summed E-state index contributed by atoms with van der Waals surface area (Å²) in [5.41, 5.74) is 1.37. The van der Waals surface area contributed by atoms with E-state index in [4.69, 9.17) is 11.6 Å². The molecule has 2 unspecified atom stereocenters. The third kappa shape index (κ3) is 3.04. The van der Waals surface area contributed by atoms with Gasteiger partial charge in [-0.3, -0.25) is 0 Å². The first kappa shape index (κ1) is 14.4. The molecule has 1 saturated heterocycles. The van der Waals surface area contributed by atoms with Crippen LogP contribution >= 0.6 is 11.6 Å². The zero-order valence-corrected chi connectivity index (χ0v) is 13.2. The predicted molar refractivity (Wildman–Crippen MR) is 86.3 cm³/mol. The van der Waals surface area contributed by atoms with Crippen LogP contribution in [-0.4, -0.2) is 13.1 Å². The molecule has 1 aliphatic heterocycles. The number of benzene rings is 1. The molecule has 3 rings (SSSR count). The molecule has 0 aromatic heterocycles. The van der Waals surface area contributed by atoms with Crippen molar-refractivity contribution in [1.29, 1.82) is 0 Å². The van der Waals surface area contributed by atoms with Gasteiger partial charge in [-0.2, -0.15) is 0 Å². The minimum atomic E-state index is 0.607. The fraction of sp³-hybridized carbons (Fsp3) is 0.667. The van der Waals surface area contributed by atoms with Gasteiger partial charge in [-0.1, -0.05) is 49.6 Å². The van der Waals surface area contributed by atoms with Crippen molar-refractivity contribution in [3.05, 3.63) is 34.9 Å². The summed E-state index contributed by atoms with van der Waals surface area (Å²) in [6, 6.07) is 8.46. The molecular weight excluding hydrogens is 266 g/mol. The lowest BCUT2D eigenvalue weighted by Gasteiger charge is -2.41. The van der Waals surface area contributed by atoms with Gasteiger partial charge in [0.25, 0.3) is 0 Å². The van der Waals surface area contributed by atoms with E-state index in [1.54, 1.807) is 0 Å². The van der Waals surface area contributed by atoms with Crippen molar-refractivity contribution in [2.24, 2.45) is 17.8 Å². The molecule has 1 heterocycles. The highest BCUT2D eigenvalue weighted by Crippen LogP contribution is 2.43. The number of hydrogen-bond donors (Lipinski definition) is 1. The van der Waals surface area contributed by atoms with Crippen LogP contribution in [0.3, 0.4) is 0 Å². The number of hydrogen-bond acceptors (Lipinski definition) is 1. The molecule has 0 spiro atoms. The molecule has 1 aliphatic carbocycles. The van der Waals surface area contributed by atoms with Gasteiger partial charge in [0, 0.05) is 17.5 Å². The fourth-order valence-electron chi connectivity index (χ4n) is 4.27. The summed E-state index contributed by atoms with van der Waals surface area (Å²) in [5.74, 6) is 3.28. The molecular formula is C18H26ClN. The molecule has 0 bridgehead atoms. The lowest BCUT2D eigenvalue weighted by Crippen LogP contribution is -2.39. The van der Waals surface area contributed by atoms with E-state index in [1.165, 1.54) is 44.2 Å². The molecule has 2 heteroatoms. The normalized spacial score (nSPS) is 34.9. The molecule has 110 valence electrons. The second-order valence-electron chi connectivity index (χ2n) is 6.80. The molecule has 20 heavy (non-hydrogen) atoms. The van der Waals surface area contributed by atoms with E-state index >= 15 is 0 Å². The second kappa shape index (κ2) is 6.49. The van der Waals surface area contributed by atoms with Gasteiger partial charge in [-0.25, -0.2) is 0 Å². The van der Waals surface area contributed by atoms with Crippen molar-refractivity contribution in [1.82, 2.24) is 5.32 Å².